The number of benzene rings is 1. The van der Waals surface area contributed by atoms with E-state index < -0.39 is 68.4 Å². The Bertz CT molecular complexity index is 1210. The normalized spacial score (nSPS) is 12.0. The molecule has 0 aliphatic heterocycles. The van der Waals surface area contributed by atoms with Crippen molar-refractivity contribution in [2.75, 3.05) is 19.5 Å². The molecule has 2 aromatic rings. The highest BCUT2D eigenvalue weighted by atomic mass is 32.2. The second-order valence-corrected chi connectivity index (χ2v) is 8.72. The first kappa shape index (κ1) is 26.4. The minimum atomic E-state index is -4.16. The number of aliphatic carboxylic acids is 1. The van der Waals surface area contributed by atoms with Crippen molar-refractivity contribution >= 4 is 27.5 Å². The Balaban J connectivity index is 2.68. The minimum absolute atomic E-state index is 0.0576. The van der Waals surface area contributed by atoms with Gasteiger partial charge in [-0.05, 0) is 37.6 Å². The lowest BCUT2D eigenvalue weighted by molar-refractivity contribution is -0.387. The topological polar surface area (TPSA) is 205 Å². The Morgan fingerprint density at radius 1 is 1.21 bits per heavy atom. The van der Waals surface area contributed by atoms with Gasteiger partial charge in [0.05, 0.1) is 17.1 Å². The summed E-state index contributed by atoms with van der Waals surface area (Å²) in [6.07, 6.45) is -1.54. The number of aliphatic hydroxyl groups is 1. The van der Waals surface area contributed by atoms with Gasteiger partial charge >= 0.3 is 29.4 Å². The lowest BCUT2D eigenvalue weighted by Gasteiger charge is -2.15. The van der Waals surface area contributed by atoms with Gasteiger partial charge in [0.1, 0.15) is 5.75 Å². The third-order valence-corrected chi connectivity index (χ3v) is 4.86. The van der Waals surface area contributed by atoms with Gasteiger partial charge in [-0.1, -0.05) is 0 Å². The number of nitro groups is 1. The van der Waals surface area contributed by atoms with Gasteiger partial charge in [0.15, 0.2) is 6.10 Å². The Morgan fingerprint density at radius 3 is 2.38 bits per heavy atom. The van der Waals surface area contributed by atoms with Crippen LogP contribution in [0.2, 0.25) is 0 Å². The van der Waals surface area contributed by atoms with E-state index in [1.54, 1.807) is 13.8 Å². The molecule has 0 spiro atoms. The number of nitrogens with zero attached hydrogens (tertiary/aromatic N) is 3. The number of sulfone groups is 1. The monoisotopic (exact) mass is 499 g/mol. The first-order chi connectivity index (χ1) is 15.9. The van der Waals surface area contributed by atoms with Gasteiger partial charge in [0, 0.05) is 19.3 Å². The third-order valence-electron chi connectivity index (χ3n) is 4.01. The number of rotatable bonds is 11. The molecule has 0 saturated heterocycles. The molecule has 0 bridgehead atoms. The van der Waals surface area contributed by atoms with Crippen molar-refractivity contribution in [3.8, 4) is 17.5 Å². The summed E-state index contributed by atoms with van der Waals surface area (Å²) in [5, 5.41) is 29.1. The first-order valence-electron chi connectivity index (χ1n) is 9.60. The van der Waals surface area contributed by atoms with Crippen molar-refractivity contribution in [1.29, 1.82) is 0 Å². The number of aliphatic hydroxyl groups excluding tert-OH is 1. The quantitative estimate of drug-likeness (QED) is 0.194. The highest BCUT2D eigenvalue weighted by Crippen LogP contribution is 2.38. The molecule has 15 heteroatoms. The summed E-state index contributed by atoms with van der Waals surface area (Å²) in [7, 11) is -4.16. The maximum absolute atomic E-state index is 12.1. The summed E-state index contributed by atoms with van der Waals surface area (Å²) in [4.78, 5) is 41.3. The van der Waals surface area contributed by atoms with Gasteiger partial charge in [-0.15, -0.1) is 0 Å². The van der Waals surface area contributed by atoms with E-state index in [-0.39, 0.29) is 17.9 Å². The molecule has 184 valence electrons. The van der Waals surface area contributed by atoms with Crippen LogP contribution in [0.5, 0.6) is 17.5 Å². The Hall–Kier alpha value is -3.85. The van der Waals surface area contributed by atoms with Crippen molar-refractivity contribution < 1.29 is 47.4 Å². The maximum Gasteiger partial charge on any atom is 0.392 e. The largest absolute Gasteiger partial charge is 0.479 e. The molecule has 1 aromatic carbocycles. The summed E-state index contributed by atoms with van der Waals surface area (Å²) < 4.78 is 39.6. The van der Waals surface area contributed by atoms with Crippen LogP contribution in [0.25, 0.3) is 0 Å². The van der Waals surface area contributed by atoms with Gasteiger partial charge in [0.25, 0.3) is 5.16 Å². The van der Waals surface area contributed by atoms with E-state index in [0.717, 1.165) is 6.26 Å². The van der Waals surface area contributed by atoms with E-state index in [1.807, 2.05) is 0 Å². The van der Waals surface area contributed by atoms with E-state index in [0.29, 0.717) is 5.56 Å². The third kappa shape index (κ3) is 6.58. The van der Waals surface area contributed by atoms with Crippen molar-refractivity contribution in [3.63, 3.8) is 0 Å². The molecule has 1 atom stereocenters. The second kappa shape index (κ2) is 10.8. The lowest BCUT2D eigenvalue weighted by Crippen LogP contribution is -2.29. The summed E-state index contributed by atoms with van der Waals surface area (Å²) in [5.74, 6) is -4.26. The van der Waals surface area contributed by atoms with Crippen LogP contribution in [0, 0.1) is 17.0 Å². The molecule has 0 radical (unpaired) electrons. The molecule has 1 unspecified atom stereocenters. The molecule has 2 N–H and O–H groups in total. The van der Waals surface area contributed by atoms with Crippen LogP contribution in [0.1, 0.15) is 29.3 Å². The number of aromatic nitrogens is 2. The van der Waals surface area contributed by atoms with Gasteiger partial charge in [-0.3, -0.25) is 10.1 Å². The average Bonchev–Trinajstić information content (AvgIpc) is 2.72. The number of hydrogen-bond donors (Lipinski definition) is 2. The molecule has 1 aromatic heterocycles. The van der Waals surface area contributed by atoms with Gasteiger partial charge in [-0.25, -0.2) is 18.0 Å². The summed E-state index contributed by atoms with van der Waals surface area (Å²) >= 11 is 0. The predicted octanol–water partition coefficient (Wildman–Crippen LogP) is 1.28. The van der Waals surface area contributed by atoms with E-state index in [4.69, 9.17) is 19.3 Å². The molecule has 0 aliphatic rings. The fraction of sp³-hybridized carbons (Fsp3) is 0.368. The van der Waals surface area contributed by atoms with Crippen LogP contribution in [-0.4, -0.2) is 71.0 Å². The summed E-state index contributed by atoms with van der Waals surface area (Å²) in [6.45, 7) is 2.66. The van der Waals surface area contributed by atoms with E-state index in [9.17, 15) is 33.2 Å². The second-order valence-electron chi connectivity index (χ2n) is 6.81. The fourth-order valence-corrected chi connectivity index (χ4v) is 3.10. The molecule has 1 heterocycles. The van der Waals surface area contributed by atoms with E-state index in [2.05, 4.69) is 9.97 Å². The molecule has 0 fully saturated rings. The van der Waals surface area contributed by atoms with Crippen LogP contribution < -0.4 is 9.47 Å². The van der Waals surface area contributed by atoms with Crippen LogP contribution in [-0.2, 0) is 19.4 Å². The highest BCUT2D eigenvalue weighted by molar-refractivity contribution is 7.90. The number of carboxylic acids is 1. The SMILES string of the molecule is CCOC(=O)c1cc(C)cc(Oc2nc(S(C)(=O)=O)nc(OC(CCO)C(=O)O)c2[N+](=O)[O-])c1. The summed E-state index contributed by atoms with van der Waals surface area (Å²) in [6, 6.07) is 4.06. The first-order valence-corrected chi connectivity index (χ1v) is 11.5. The molecule has 0 aliphatic carbocycles. The van der Waals surface area contributed by atoms with Crippen LogP contribution in [0.15, 0.2) is 23.4 Å². The fourth-order valence-electron chi connectivity index (χ4n) is 2.61. The molecule has 0 saturated carbocycles. The van der Waals surface area contributed by atoms with Gasteiger partial charge < -0.3 is 24.4 Å². The zero-order valence-corrected chi connectivity index (χ0v) is 19.1. The summed E-state index contributed by atoms with van der Waals surface area (Å²) in [5.41, 5.74) is -0.496. The maximum atomic E-state index is 12.1. The number of carbonyl (C=O) groups is 2. The van der Waals surface area contributed by atoms with Crippen LogP contribution in [0.4, 0.5) is 5.69 Å². The van der Waals surface area contributed by atoms with Crippen LogP contribution in [0.3, 0.4) is 0 Å². The number of ether oxygens (including phenoxy) is 3. The number of hydrogen-bond acceptors (Lipinski definition) is 12. The van der Waals surface area contributed by atoms with Crippen molar-refractivity contribution in [1.82, 2.24) is 9.97 Å². The highest BCUT2D eigenvalue weighted by Gasteiger charge is 2.34. The zero-order valence-electron chi connectivity index (χ0n) is 18.2. The Morgan fingerprint density at radius 2 is 1.85 bits per heavy atom. The van der Waals surface area contributed by atoms with E-state index >= 15 is 0 Å². The zero-order chi connectivity index (χ0) is 25.6. The smallest absolute Gasteiger partial charge is 0.392 e. The molecular formula is C19H21N3O11S. The lowest BCUT2D eigenvalue weighted by atomic mass is 10.1. The average molecular weight is 499 g/mol. The van der Waals surface area contributed by atoms with E-state index in [1.165, 1.54) is 18.2 Å². The molecular weight excluding hydrogens is 478 g/mol. The van der Waals surface area contributed by atoms with Crippen molar-refractivity contribution in [2.24, 2.45) is 0 Å². The molecule has 2 rings (SSSR count). The standard InChI is InChI=1S/C19H21N3O11S/c1-4-31-18(26)11-7-10(2)8-12(9-11)32-15-14(22(27)28)16(21-19(20-15)34(3,29)30)33-13(5-6-23)17(24)25/h7-9,13,23H,4-6H2,1-3H3,(H,24,25). The number of carboxylic acid groups (broad SMARTS) is 1. The van der Waals surface area contributed by atoms with Crippen molar-refractivity contribution in [3.05, 3.63) is 39.4 Å². The Labute approximate surface area is 193 Å². The number of carbonyl (C=O) groups excluding carboxylic acids is 1. The van der Waals surface area contributed by atoms with Gasteiger partial charge in [-0.2, -0.15) is 9.97 Å². The number of aryl methyl sites for hydroxylation is 1. The van der Waals surface area contributed by atoms with Crippen LogP contribution >= 0.6 is 0 Å². The Kier molecular flexibility index (Phi) is 8.42. The molecule has 0 amide bonds. The molecule has 34 heavy (non-hydrogen) atoms. The van der Waals surface area contributed by atoms with Gasteiger partial charge in [0.2, 0.25) is 9.84 Å². The number of esters is 1. The molecule has 14 nitrogen and oxygen atoms in total. The minimum Gasteiger partial charge on any atom is -0.479 e. The van der Waals surface area contributed by atoms with Crippen molar-refractivity contribution in [2.45, 2.75) is 31.5 Å². The predicted molar refractivity (Wildman–Crippen MR) is 113 cm³/mol.